The van der Waals surface area contributed by atoms with Gasteiger partial charge in [-0.3, -0.25) is 4.79 Å². The van der Waals surface area contributed by atoms with Crippen molar-refractivity contribution in [2.75, 3.05) is 49.9 Å². The summed E-state index contributed by atoms with van der Waals surface area (Å²) < 4.78 is 0. The highest BCUT2D eigenvalue weighted by molar-refractivity contribution is 7.99. The number of nitrogens with one attached hydrogen (secondary N) is 1. The molecular formula is C15H24ClN5OS. The summed E-state index contributed by atoms with van der Waals surface area (Å²) in [5.41, 5.74) is 0. The van der Waals surface area contributed by atoms with Crippen LogP contribution in [-0.2, 0) is 4.79 Å². The van der Waals surface area contributed by atoms with Crippen LogP contribution < -0.4 is 10.2 Å². The molecule has 2 rings (SSSR count). The topological polar surface area (TPSA) is 61.4 Å². The molecule has 0 aliphatic carbocycles. The third-order valence-corrected chi connectivity index (χ3v) is 4.75. The van der Waals surface area contributed by atoms with Gasteiger partial charge in [0.2, 0.25) is 5.91 Å². The van der Waals surface area contributed by atoms with Gasteiger partial charge in [-0.1, -0.05) is 37.2 Å². The van der Waals surface area contributed by atoms with Gasteiger partial charge in [-0.25, -0.2) is 9.97 Å². The van der Waals surface area contributed by atoms with Crippen molar-refractivity contribution >= 4 is 35.1 Å². The van der Waals surface area contributed by atoms with Crippen LogP contribution in [0.25, 0.3) is 0 Å². The van der Waals surface area contributed by atoms with Crippen molar-refractivity contribution < 1.29 is 4.79 Å². The average Bonchev–Trinajstić information content (AvgIpc) is 2.57. The minimum absolute atomic E-state index is 0.00136. The molecule has 1 N–H and O–H groups in total. The maximum absolute atomic E-state index is 11.7. The molecule has 1 fully saturated rings. The Hall–Kier alpha value is -1.05. The fourth-order valence-electron chi connectivity index (χ4n) is 2.35. The lowest BCUT2D eigenvalue weighted by molar-refractivity contribution is -0.118. The summed E-state index contributed by atoms with van der Waals surface area (Å²) in [6, 6.07) is 1.80. The molecule has 0 radical (unpaired) electrons. The summed E-state index contributed by atoms with van der Waals surface area (Å²) in [6.45, 7) is 9.90. The van der Waals surface area contributed by atoms with E-state index in [1.165, 1.54) is 11.8 Å². The van der Waals surface area contributed by atoms with Crippen molar-refractivity contribution in [2.45, 2.75) is 25.4 Å². The van der Waals surface area contributed by atoms with E-state index < -0.39 is 0 Å². The van der Waals surface area contributed by atoms with Crippen LogP contribution in [-0.4, -0.2) is 65.8 Å². The first-order valence-corrected chi connectivity index (χ1v) is 9.40. The van der Waals surface area contributed by atoms with E-state index in [2.05, 4.69) is 32.0 Å². The van der Waals surface area contributed by atoms with Crippen LogP contribution in [0, 0.1) is 0 Å². The molecule has 2 heterocycles. The van der Waals surface area contributed by atoms with Crippen molar-refractivity contribution in [1.82, 2.24) is 20.2 Å². The molecule has 0 spiro atoms. The second-order valence-electron chi connectivity index (χ2n) is 5.39. The molecular weight excluding hydrogens is 334 g/mol. The summed E-state index contributed by atoms with van der Waals surface area (Å²) in [5.74, 6) is 1.15. The number of halogens is 1. The summed E-state index contributed by atoms with van der Waals surface area (Å²) in [5, 5.41) is 3.82. The smallest absolute Gasteiger partial charge is 0.230 e. The van der Waals surface area contributed by atoms with Crippen LogP contribution in [0.2, 0.25) is 5.15 Å². The Morgan fingerprint density at radius 3 is 2.70 bits per heavy atom. The zero-order valence-corrected chi connectivity index (χ0v) is 15.3. The molecule has 8 heteroatoms. The van der Waals surface area contributed by atoms with E-state index in [0.29, 0.717) is 22.6 Å². The van der Waals surface area contributed by atoms with E-state index >= 15 is 0 Å². The minimum Gasteiger partial charge on any atom is -0.355 e. The van der Waals surface area contributed by atoms with Gasteiger partial charge in [-0.15, -0.1) is 0 Å². The molecule has 0 atom stereocenters. The number of hydrogen-bond acceptors (Lipinski definition) is 6. The molecule has 1 amide bonds. The van der Waals surface area contributed by atoms with Gasteiger partial charge in [0.15, 0.2) is 5.16 Å². The van der Waals surface area contributed by atoms with Crippen LogP contribution in [0.5, 0.6) is 0 Å². The molecule has 1 aromatic rings. The quantitative estimate of drug-likeness (QED) is 0.457. The van der Waals surface area contributed by atoms with E-state index in [9.17, 15) is 4.79 Å². The molecule has 6 nitrogen and oxygen atoms in total. The first-order valence-electron chi connectivity index (χ1n) is 8.03. The predicted octanol–water partition coefficient (Wildman–Crippen LogP) is 1.89. The number of anilines is 1. The number of nitrogens with zero attached hydrogens (tertiary/aromatic N) is 4. The highest BCUT2D eigenvalue weighted by atomic mass is 35.5. The summed E-state index contributed by atoms with van der Waals surface area (Å²) in [6.07, 6.45) is 0.929. The molecule has 23 heavy (non-hydrogen) atoms. The fraction of sp³-hybridized carbons (Fsp3) is 0.667. The van der Waals surface area contributed by atoms with Gasteiger partial charge in [0.25, 0.3) is 0 Å². The summed E-state index contributed by atoms with van der Waals surface area (Å²) in [4.78, 5) is 25.1. The molecule has 0 aromatic carbocycles. The first-order chi connectivity index (χ1) is 11.1. The molecule has 0 bridgehead atoms. The number of carbonyl (C=O) groups is 1. The molecule has 1 aliphatic rings. The number of likely N-dealkylation sites (N-methyl/N-ethyl adjacent to an activating group) is 1. The zero-order valence-electron chi connectivity index (χ0n) is 13.7. The number of aromatic nitrogens is 2. The van der Waals surface area contributed by atoms with Crippen LogP contribution in [0.15, 0.2) is 11.2 Å². The van der Waals surface area contributed by atoms with E-state index in [1.54, 1.807) is 6.07 Å². The second-order valence-corrected chi connectivity index (χ2v) is 6.72. The highest BCUT2D eigenvalue weighted by Crippen LogP contribution is 2.22. The highest BCUT2D eigenvalue weighted by Gasteiger charge is 2.18. The largest absolute Gasteiger partial charge is 0.355 e. The summed E-state index contributed by atoms with van der Waals surface area (Å²) >= 11 is 7.44. The number of carbonyl (C=O) groups excluding carboxylic acids is 1. The van der Waals surface area contributed by atoms with E-state index in [4.69, 9.17) is 11.6 Å². The van der Waals surface area contributed by atoms with Crippen molar-refractivity contribution in [3.63, 3.8) is 0 Å². The van der Waals surface area contributed by atoms with Crippen LogP contribution in [0.3, 0.4) is 0 Å². The fourth-order valence-corrected chi connectivity index (χ4v) is 3.26. The molecule has 1 saturated heterocycles. The molecule has 1 aliphatic heterocycles. The standard InChI is InChI=1S/C15H24ClN5OS/c1-3-5-17-14(22)11-23-15-18-12(16)10-13(19-15)21-8-6-20(4-2)7-9-21/h10H,3-9,11H2,1-2H3,(H,17,22). The van der Waals surface area contributed by atoms with Crippen LogP contribution >= 0.6 is 23.4 Å². The van der Waals surface area contributed by atoms with Gasteiger partial charge in [0, 0.05) is 38.8 Å². The number of thioether (sulfide) groups is 1. The number of amides is 1. The van der Waals surface area contributed by atoms with Crippen molar-refractivity contribution in [2.24, 2.45) is 0 Å². The Balaban J connectivity index is 1.95. The molecule has 128 valence electrons. The Morgan fingerprint density at radius 2 is 2.04 bits per heavy atom. The predicted molar refractivity (Wildman–Crippen MR) is 95.4 cm³/mol. The van der Waals surface area contributed by atoms with Gasteiger partial charge < -0.3 is 15.1 Å². The molecule has 0 saturated carbocycles. The minimum atomic E-state index is -0.00136. The van der Waals surface area contributed by atoms with Gasteiger partial charge in [0.05, 0.1) is 5.75 Å². The van der Waals surface area contributed by atoms with Gasteiger partial charge >= 0.3 is 0 Å². The third kappa shape index (κ3) is 5.82. The summed E-state index contributed by atoms with van der Waals surface area (Å²) in [7, 11) is 0. The third-order valence-electron chi connectivity index (χ3n) is 3.71. The van der Waals surface area contributed by atoms with Gasteiger partial charge in [0.1, 0.15) is 11.0 Å². The van der Waals surface area contributed by atoms with Crippen molar-refractivity contribution in [1.29, 1.82) is 0 Å². The van der Waals surface area contributed by atoms with Crippen LogP contribution in [0.1, 0.15) is 20.3 Å². The monoisotopic (exact) mass is 357 g/mol. The van der Waals surface area contributed by atoms with Crippen LogP contribution in [0.4, 0.5) is 5.82 Å². The normalized spacial score (nSPS) is 15.7. The van der Waals surface area contributed by atoms with E-state index in [1.807, 2.05) is 6.92 Å². The lowest BCUT2D eigenvalue weighted by atomic mass is 10.3. The van der Waals surface area contributed by atoms with Crippen molar-refractivity contribution in [3.05, 3.63) is 11.2 Å². The maximum atomic E-state index is 11.7. The van der Waals surface area contributed by atoms with Crippen molar-refractivity contribution in [3.8, 4) is 0 Å². The lowest BCUT2D eigenvalue weighted by Gasteiger charge is -2.34. The number of piperazine rings is 1. The Labute approximate surface area is 147 Å². The molecule has 1 aromatic heterocycles. The molecule has 0 unspecified atom stereocenters. The maximum Gasteiger partial charge on any atom is 0.230 e. The average molecular weight is 358 g/mol. The first kappa shape index (κ1) is 18.3. The van der Waals surface area contributed by atoms with E-state index in [-0.39, 0.29) is 5.91 Å². The second kappa shape index (κ2) is 9.30. The van der Waals surface area contributed by atoms with E-state index in [0.717, 1.165) is 45.0 Å². The Kier molecular flexibility index (Phi) is 7.39. The number of rotatable bonds is 7. The lowest BCUT2D eigenvalue weighted by Crippen LogP contribution is -2.46. The Bertz CT molecular complexity index is 523. The number of hydrogen-bond donors (Lipinski definition) is 1. The zero-order chi connectivity index (χ0) is 16.7. The SMILES string of the molecule is CCCNC(=O)CSc1nc(Cl)cc(N2CCN(CC)CC2)n1. The van der Waals surface area contributed by atoms with Gasteiger partial charge in [-0.05, 0) is 13.0 Å². The van der Waals surface area contributed by atoms with Gasteiger partial charge in [-0.2, -0.15) is 0 Å². The Morgan fingerprint density at radius 1 is 1.30 bits per heavy atom.